The Morgan fingerprint density at radius 1 is 1.19 bits per heavy atom. The number of benzene rings is 2. The third-order valence-electron chi connectivity index (χ3n) is 2.66. The third kappa shape index (κ3) is 4.37. The van der Waals surface area contributed by atoms with Crippen molar-refractivity contribution < 1.29 is 14.3 Å². The van der Waals surface area contributed by atoms with E-state index in [4.69, 9.17) is 26.8 Å². The van der Waals surface area contributed by atoms with Gasteiger partial charge in [0.2, 0.25) is 0 Å². The van der Waals surface area contributed by atoms with Gasteiger partial charge >= 0.3 is 0 Å². The lowest BCUT2D eigenvalue weighted by Gasteiger charge is -2.12. The monoisotopic (exact) mass is 369 g/mol. The topological polar surface area (TPSA) is 61.6 Å². The first kappa shape index (κ1) is 15.7. The summed E-state index contributed by atoms with van der Waals surface area (Å²) in [7, 11) is 0. The molecule has 6 heteroatoms. The first-order valence-electron chi connectivity index (χ1n) is 6.14. The zero-order valence-corrected chi connectivity index (χ0v) is 13.5. The van der Waals surface area contributed by atoms with E-state index in [1.54, 1.807) is 43.3 Å². The van der Waals surface area contributed by atoms with Gasteiger partial charge in [0.25, 0.3) is 5.91 Å². The largest absolute Gasteiger partial charge is 0.481 e. The van der Waals surface area contributed by atoms with Crippen LogP contribution in [0.2, 0.25) is 5.02 Å². The van der Waals surface area contributed by atoms with Crippen molar-refractivity contribution >= 4 is 33.4 Å². The first-order chi connectivity index (χ1) is 9.95. The maximum Gasteiger partial charge on any atom is 0.258 e. The van der Waals surface area contributed by atoms with Crippen molar-refractivity contribution in [1.29, 1.82) is 0 Å². The highest BCUT2D eigenvalue weighted by atomic mass is 79.9. The van der Waals surface area contributed by atoms with Crippen LogP contribution in [0.25, 0.3) is 0 Å². The fraction of sp³-hybridized carbons (Fsp3) is 0.133. The molecule has 0 spiro atoms. The van der Waals surface area contributed by atoms with Crippen LogP contribution in [-0.4, -0.2) is 12.0 Å². The Balaban J connectivity index is 2.07. The van der Waals surface area contributed by atoms with Crippen LogP contribution in [0.1, 0.15) is 6.92 Å². The molecule has 0 saturated carbocycles. The van der Waals surface area contributed by atoms with Gasteiger partial charge in [-0.05, 0) is 49.4 Å². The van der Waals surface area contributed by atoms with Crippen LogP contribution in [0.15, 0.2) is 46.9 Å². The molecule has 2 aromatic rings. The highest BCUT2D eigenvalue weighted by molar-refractivity contribution is 9.10. The lowest BCUT2D eigenvalue weighted by Crippen LogP contribution is -2.30. The van der Waals surface area contributed by atoms with Gasteiger partial charge in [-0.25, -0.2) is 0 Å². The SMILES string of the molecule is CC(Oc1ccc(Oc2ccc(Br)cc2Cl)cc1)C(N)=O. The van der Waals surface area contributed by atoms with Gasteiger partial charge in [0, 0.05) is 4.47 Å². The molecule has 2 N–H and O–H groups in total. The Hall–Kier alpha value is -1.72. The number of rotatable bonds is 5. The number of ether oxygens (including phenoxy) is 2. The molecule has 0 aliphatic carbocycles. The molecule has 0 saturated heterocycles. The average molecular weight is 371 g/mol. The fourth-order valence-electron chi connectivity index (χ4n) is 1.53. The van der Waals surface area contributed by atoms with Crippen LogP contribution in [0.5, 0.6) is 17.2 Å². The highest BCUT2D eigenvalue weighted by Gasteiger charge is 2.10. The van der Waals surface area contributed by atoms with E-state index in [2.05, 4.69) is 15.9 Å². The number of carbonyl (C=O) groups excluding carboxylic acids is 1. The molecule has 0 radical (unpaired) electrons. The Kier molecular flexibility index (Phi) is 5.09. The van der Waals surface area contributed by atoms with Crippen molar-refractivity contribution in [1.82, 2.24) is 0 Å². The lowest BCUT2D eigenvalue weighted by atomic mass is 10.3. The van der Waals surface area contributed by atoms with E-state index in [1.807, 2.05) is 6.07 Å². The minimum atomic E-state index is -0.683. The second-order valence-corrected chi connectivity index (χ2v) is 5.63. The first-order valence-corrected chi connectivity index (χ1v) is 7.32. The number of amides is 1. The van der Waals surface area contributed by atoms with Gasteiger partial charge in [-0.1, -0.05) is 27.5 Å². The van der Waals surface area contributed by atoms with Crippen molar-refractivity contribution in [3.8, 4) is 17.2 Å². The summed E-state index contributed by atoms with van der Waals surface area (Å²) in [5.74, 6) is 1.19. The number of primary amides is 1. The second-order valence-electron chi connectivity index (χ2n) is 4.31. The molecule has 0 aliphatic rings. The van der Waals surface area contributed by atoms with Crippen molar-refractivity contribution in [2.75, 3.05) is 0 Å². The molecule has 4 nitrogen and oxygen atoms in total. The Bertz CT molecular complexity index is 646. The Labute approximate surface area is 135 Å². The summed E-state index contributed by atoms with van der Waals surface area (Å²) < 4.78 is 11.9. The summed E-state index contributed by atoms with van der Waals surface area (Å²) in [6.45, 7) is 1.59. The zero-order chi connectivity index (χ0) is 15.4. The van der Waals surface area contributed by atoms with Crippen LogP contribution in [0, 0.1) is 0 Å². The molecule has 2 rings (SSSR count). The molecule has 0 aromatic heterocycles. The van der Waals surface area contributed by atoms with E-state index in [0.717, 1.165) is 4.47 Å². The van der Waals surface area contributed by atoms with Gasteiger partial charge in [0.15, 0.2) is 6.10 Å². The van der Waals surface area contributed by atoms with Gasteiger partial charge in [0.05, 0.1) is 5.02 Å². The molecule has 1 unspecified atom stereocenters. The molecule has 21 heavy (non-hydrogen) atoms. The quantitative estimate of drug-likeness (QED) is 0.860. The van der Waals surface area contributed by atoms with E-state index in [9.17, 15) is 4.79 Å². The summed E-state index contributed by atoms with van der Waals surface area (Å²) in [5.41, 5.74) is 5.14. The van der Waals surface area contributed by atoms with E-state index < -0.39 is 12.0 Å². The Morgan fingerprint density at radius 3 is 2.38 bits per heavy atom. The van der Waals surface area contributed by atoms with Crippen LogP contribution in [0.3, 0.4) is 0 Å². The van der Waals surface area contributed by atoms with E-state index in [1.165, 1.54) is 0 Å². The summed E-state index contributed by atoms with van der Waals surface area (Å²) in [6.07, 6.45) is -0.683. The van der Waals surface area contributed by atoms with Crippen molar-refractivity contribution in [2.24, 2.45) is 5.73 Å². The van der Waals surface area contributed by atoms with Crippen LogP contribution in [-0.2, 0) is 4.79 Å². The average Bonchev–Trinajstić information content (AvgIpc) is 2.43. The number of hydrogen-bond donors (Lipinski definition) is 1. The smallest absolute Gasteiger partial charge is 0.258 e. The zero-order valence-electron chi connectivity index (χ0n) is 11.2. The van der Waals surface area contributed by atoms with Crippen LogP contribution < -0.4 is 15.2 Å². The van der Waals surface area contributed by atoms with Crippen LogP contribution in [0.4, 0.5) is 0 Å². The predicted octanol–water partition coefficient (Wildman–Crippen LogP) is 4.15. The molecule has 1 amide bonds. The summed E-state index contributed by atoms with van der Waals surface area (Å²) in [5, 5.41) is 0.507. The molecular weight excluding hydrogens is 358 g/mol. The van der Waals surface area contributed by atoms with Gasteiger partial charge in [-0.15, -0.1) is 0 Å². The summed E-state index contributed by atoms with van der Waals surface area (Å²) in [4.78, 5) is 10.9. The highest BCUT2D eigenvalue weighted by Crippen LogP contribution is 2.32. The summed E-state index contributed by atoms with van der Waals surface area (Å²) in [6, 6.07) is 12.2. The minimum Gasteiger partial charge on any atom is -0.481 e. The second kappa shape index (κ2) is 6.83. The molecule has 0 aliphatic heterocycles. The predicted molar refractivity (Wildman–Crippen MR) is 85.0 cm³/mol. The third-order valence-corrected chi connectivity index (χ3v) is 3.45. The van der Waals surface area contributed by atoms with Gasteiger partial charge in [-0.2, -0.15) is 0 Å². The van der Waals surface area contributed by atoms with Crippen molar-refractivity contribution in [2.45, 2.75) is 13.0 Å². The number of nitrogens with two attached hydrogens (primary N) is 1. The fourth-order valence-corrected chi connectivity index (χ4v) is 2.25. The molecule has 0 fully saturated rings. The van der Waals surface area contributed by atoms with Crippen molar-refractivity contribution in [3.05, 3.63) is 52.0 Å². The maximum atomic E-state index is 10.9. The van der Waals surface area contributed by atoms with Gasteiger partial charge < -0.3 is 15.2 Å². The van der Waals surface area contributed by atoms with Gasteiger partial charge in [0.1, 0.15) is 17.2 Å². The molecule has 2 aromatic carbocycles. The van der Waals surface area contributed by atoms with Gasteiger partial charge in [-0.3, -0.25) is 4.79 Å². The maximum absolute atomic E-state index is 10.9. The summed E-state index contributed by atoms with van der Waals surface area (Å²) >= 11 is 9.41. The molecular formula is C15H13BrClNO3. The normalized spacial score (nSPS) is 11.8. The van der Waals surface area contributed by atoms with Crippen molar-refractivity contribution in [3.63, 3.8) is 0 Å². The minimum absolute atomic E-state index is 0.507. The van der Waals surface area contributed by atoms with Crippen LogP contribution >= 0.6 is 27.5 Å². The van der Waals surface area contributed by atoms with E-state index >= 15 is 0 Å². The van der Waals surface area contributed by atoms with E-state index in [-0.39, 0.29) is 0 Å². The standard InChI is InChI=1S/C15H13BrClNO3/c1-9(15(18)19)20-11-3-5-12(6-4-11)21-14-7-2-10(16)8-13(14)17/h2-9H,1H3,(H2,18,19). The number of halogens is 2. The molecule has 110 valence electrons. The lowest BCUT2D eigenvalue weighted by molar-refractivity contribution is -0.123. The molecule has 0 bridgehead atoms. The number of hydrogen-bond acceptors (Lipinski definition) is 3. The van der Waals surface area contributed by atoms with E-state index in [0.29, 0.717) is 22.3 Å². The molecule has 1 atom stereocenters. The Morgan fingerprint density at radius 2 is 1.81 bits per heavy atom. The molecule has 0 heterocycles. The number of carbonyl (C=O) groups is 1.